The average molecular weight is 355 g/mol. The summed E-state index contributed by atoms with van der Waals surface area (Å²) in [6, 6.07) is 11.5. The fourth-order valence-corrected chi connectivity index (χ4v) is 2.89. The molecule has 0 aliphatic carbocycles. The van der Waals surface area contributed by atoms with Crippen molar-refractivity contribution in [1.82, 2.24) is 15.2 Å². The van der Waals surface area contributed by atoms with Crippen LogP contribution in [0, 0.1) is 6.92 Å². The molecule has 8 heteroatoms. The maximum atomic E-state index is 12.1. The van der Waals surface area contributed by atoms with E-state index < -0.39 is 0 Å². The Morgan fingerprint density at radius 2 is 2.00 bits per heavy atom. The van der Waals surface area contributed by atoms with Crippen molar-refractivity contribution in [3.8, 4) is 0 Å². The number of hydrogen-bond acceptors (Lipinski definition) is 5. The van der Waals surface area contributed by atoms with Gasteiger partial charge in [0.1, 0.15) is 5.69 Å². The fourth-order valence-electron chi connectivity index (χ4n) is 2.18. The third-order valence-corrected chi connectivity index (χ3v) is 4.17. The number of carbonyl (C=O) groups excluding carboxylic acids is 2. The number of anilines is 2. The molecule has 3 aromatic rings. The zero-order valence-electron chi connectivity index (χ0n) is 13.6. The Morgan fingerprint density at radius 1 is 1.20 bits per heavy atom. The predicted molar refractivity (Wildman–Crippen MR) is 96.8 cm³/mol. The molecule has 0 atom stereocenters. The van der Waals surface area contributed by atoms with Gasteiger partial charge in [-0.2, -0.15) is 5.10 Å². The van der Waals surface area contributed by atoms with E-state index in [2.05, 4.69) is 25.8 Å². The molecule has 2 aromatic heterocycles. The lowest BCUT2D eigenvalue weighted by Gasteiger charge is -2.02. The molecular weight excluding hydrogens is 338 g/mol. The average Bonchev–Trinajstić information content (AvgIpc) is 3.23. The molecule has 0 bridgehead atoms. The van der Waals surface area contributed by atoms with Crippen LogP contribution in [0.25, 0.3) is 0 Å². The second-order valence-electron chi connectivity index (χ2n) is 5.46. The van der Waals surface area contributed by atoms with Crippen LogP contribution < -0.4 is 10.6 Å². The standard InChI is InChI=1S/C17H17N5O2S/c1-11-9-14(22-21-11)19-16(24)13-10-25-17(18-13)20-15(23)8-7-12-5-3-2-4-6-12/h2-6,9-10H,7-8H2,1H3,(H,18,20,23)(H2,19,21,22,24). The van der Waals surface area contributed by atoms with Crippen LogP contribution in [0.5, 0.6) is 0 Å². The summed E-state index contributed by atoms with van der Waals surface area (Å²) in [5, 5.41) is 14.1. The van der Waals surface area contributed by atoms with Gasteiger partial charge in [0, 0.05) is 23.6 Å². The Hall–Kier alpha value is -3.00. The molecule has 25 heavy (non-hydrogen) atoms. The zero-order chi connectivity index (χ0) is 17.6. The summed E-state index contributed by atoms with van der Waals surface area (Å²) in [5.74, 6) is -0.0652. The molecule has 0 fully saturated rings. The molecular formula is C17H17N5O2S. The molecule has 0 aliphatic rings. The van der Waals surface area contributed by atoms with Crippen molar-refractivity contribution in [2.24, 2.45) is 0 Å². The quantitative estimate of drug-likeness (QED) is 0.633. The number of aryl methyl sites for hydroxylation is 2. The molecule has 7 nitrogen and oxygen atoms in total. The summed E-state index contributed by atoms with van der Waals surface area (Å²) in [6.45, 7) is 1.84. The van der Waals surface area contributed by atoms with E-state index in [9.17, 15) is 9.59 Å². The number of rotatable bonds is 6. The first-order chi connectivity index (χ1) is 12.1. The summed E-state index contributed by atoms with van der Waals surface area (Å²) >= 11 is 1.21. The summed E-state index contributed by atoms with van der Waals surface area (Å²) in [4.78, 5) is 28.2. The molecule has 3 rings (SSSR count). The van der Waals surface area contributed by atoms with Crippen LogP contribution in [-0.4, -0.2) is 27.0 Å². The number of nitrogens with zero attached hydrogens (tertiary/aromatic N) is 2. The Kier molecular flexibility index (Phi) is 5.20. The van der Waals surface area contributed by atoms with Crippen molar-refractivity contribution in [3.05, 3.63) is 58.7 Å². The van der Waals surface area contributed by atoms with E-state index in [1.807, 2.05) is 37.3 Å². The van der Waals surface area contributed by atoms with Gasteiger partial charge in [0.05, 0.1) is 0 Å². The number of hydrogen-bond donors (Lipinski definition) is 3. The van der Waals surface area contributed by atoms with Crippen molar-refractivity contribution >= 4 is 34.1 Å². The maximum absolute atomic E-state index is 12.1. The van der Waals surface area contributed by atoms with Crippen LogP contribution in [0.3, 0.4) is 0 Å². The number of benzene rings is 1. The van der Waals surface area contributed by atoms with Gasteiger partial charge >= 0.3 is 0 Å². The van der Waals surface area contributed by atoms with Crippen molar-refractivity contribution < 1.29 is 9.59 Å². The molecule has 0 aliphatic heterocycles. The number of carbonyl (C=O) groups is 2. The second kappa shape index (κ2) is 7.71. The fraction of sp³-hybridized carbons (Fsp3) is 0.176. The Labute approximate surface area is 148 Å². The molecule has 2 heterocycles. The summed E-state index contributed by atoms with van der Waals surface area (Å²) in [6.07, 6.45) is 1.02. The monoisotopic (exact) mass is 355 g/mol. The Balaban J connectivity index is 1.52. The highest BCUT2D eigenvalue weighted by Gasteiger charge is 2.13. The lowest BCUT2D eigenvalue weighted by molar-refractivity contribution is -0.116. The number of nitrogens with one attached hydrogen (secondary N) is 3. The molecule has 0 radical (unpaired) electrons. The normalized spacial score (nSPS) is 10.4. The van der Waals surface area contributed by atoms with Crippen molar-refractivity contribution in [3.63, 3.8) is 0 Å². The predicted octanol–water partition coefficient (Wildman–Crippen LogP) is 3.00. The van der Waals surface area contributed by atoms with Crippen LogP contribution in [0.4, 0.5) is 10.9 Å². The SMILES string of the molecule is Cc1cc(NC(=O)c2csc(NC(=O)CCc3ccccc3)n2)n[nH]1. The molecule has 0 unspecified atom stereocenters. The van der Waals surface area contributed by atoms with E-state index in [4.69, 9.17) is 0 Å². The van der Waals surface area contributed by atoms with E-state index in [1.165, 1.54) is 11.3 Å². The number of amides is 2. The third-order valence-electron chi connectivity index (χ3n) is 3.41. The number of aromatic amines is 1. The van der Waals surface area contributed by atoms with E-state index in [0.29, 0.717) is 23.8 Å². The Morgan fingerprint density at radius 3 is 2.72 bits per heavy atom. The molecule has 2 amide bonds. The molecule has 3 N–H and O–H groups in total. The smallest absolute Gasteiger partial charge is 0.276 e. The topological polar surface area (TPSA) is 99.8 Å². The number of thiazole rings is 1. The van der Waals surface area contributed by atoms with Crippen molar-refractivity contribution in [2.75, 3.05) is 10.6 Å². The molecule has 128 valence electrons. The van der Waals surface area contributed by atoms with Gasteiger partial charge in [-0.1, -0.05) is 30.3 Å². The highest BCUT2D eigenvalue weighted by Crippen LogP contribution is 2.17. The van der Waals surface area contributed by atoms with Gasteiger partial charge in [0.2, 0.25) is 5.91 Å². The summed E-state index contributed by atoms with van der Waals surface area (Å²) in [5.41, 5.74) is 2.19. The van der Waals surface area contributed by atoms with E-state index in [0.717, 1.165) is 11.3 Å². The first kappa shape index (κ1) is 16.8. The van der Waals surface area contributed by atoms with Crippen LogP contribution in [-0.2, 0) is 11.2 Å². The van der Waals surface area contributed by atoms with Crippen molar-refractivity contribution in [2.45, 2.75) is 19.8 Å². The van der Waals surface area contributed by atoms with Gasteiger partial charge in [0.25, 0.3) is 5.91 Å². The highest BCUT2D eigenvalue weighted by molar-refractivity contribution is 7.14. The van der Waals surface area contributed by atoms with Crippen LogP contribution in [0.2, 0.25) is 0 Å². The third kappa shape index (κ3) is 4.74. The minimum Gasteiger partial charge on any atom is -0.304 e. The van der Waals surface area contributed by atoms with Crippen LogP contribution >= 0.6 is 11.3 Å². The van der Waals surface area contributed by atoms with Crippen LogP contribution in [0.15, 0.2) is 41.8 Å². The van der Waals surface area contributed by atoms with Crippen molar-refractivity contribution in [1.29, 1.82) is 0 Å². The maximum Gasteiger partial charge on any atom is 0.276 e. The summed E-state index contributed by atoms with van der Waals surface area (Å²) in [7, 11) is 0. The van der Waals surface area contributed by atoms with Gasteiger partial charge in [-0.3, -0.25) is 14.7 Å². The van der Waals surface area contributed by atoms with E-state index in [-0.39, 0.29) is 17.5 Å². The van der Waals surface area contributed by atoms with Gasteiger partial charge < -0.3 is 10.6 Å². The molecule has 1 aromatic carbocycles. The lowest BCUT2D eigenvalue weighted by atomic mass is 10.1. The Bertz CT molecular complexity index is 872. The second-order valence-corrected chi connectivity index (χ2v) is 6.32. The molecule has 0 spiro atoms. The van der Waals surface area contributed by atoms with Gasteiger partial charge in [0.15, 0.2) is 10.9 Å². The first-order valence-electron chi connectivity index (χ1n) is 7.73. The summed E-state index contributed by atoms with van der Waals surface area (Å²) < 4.78 is 0. The van der Waals surface area contributed by atoms with Gasteiger partial charge in [-0.15, -0.1) is 11.3 Å². The minimum absolute atomic E-state index is 0.131. The largest absolute Gasteiger partial charge is 0.304 e. The first-order valence-corrected chi connectivity index (χ1v) is 8.61. The van der Waals surface area contributed by atoms with Gasteiger partial charge in [-0.05, 0) is 18.9 Å². The number of H-pyrrole nitrogens is 1. The highest BCUT2D eigenvalue weighted by atomic mass is 32.1. The van der Waals surface area contributed by atoms with Crippen LogP contribution in [0.1, 0.15) is 28.2 Å². The van der Waals surface area contributed by atoms with E-state index in [1.54, 1.807) is 11.4 Å². The molecule has 0 saturated heterocycles. The minimum atomic E-state index is -0.368. The zero-order valence-corrected chi connectivity index (χ0v) is 14.4. The van der Waals surface area contributed by atoms with E-state index >= 15 is 0 Å². The number of aromatic nitrogens is 3. The van der Waals surface area contributed by atoms with Gasteiger partial charge in [-0.25, -0.2) is 4.98 Å². The lowest BCUT2D eigenvalue weighted by Crippen LogP contribution is -2.14. The molecule has 0 saturated carbocycles.